The van der Waals surface area contributed by atoms with Crippen molar-refractivity contribution in [2.45, 2.75) is 30.3 Å². The van der Waals surface area contributed by atoms with Gasteiger partial charge in [-0.3, -0.25) is 4.79 Å². The zero-order valence-corrected chi connectivity index (χ0v) is 11.1. The number of nitrogens with one attached hydrogen (secondary N) is 1. The molecule has 0 bridgehead atoms. The maximum atomic E-state index is 13.2. The Hall–Kier alpha value is -1.07. The van der Waals surface area contributed by atoms with E-state index in [4.69, 9.17) is 0 Å². The normalized spacial score (nSPS) is 14.6. The number of thioether (sulfide) groups is 1. The van der Waals surface area contributed by atoms with E-state index in [0.29, 0.717) is 12.6 Å². The zero-order chi connectivity index (χ0) is 13.0. The van der Waals surface area contributed by atoms with Gasteiger partial charge in [0, 0.05) is 17.5 Å². The fraction of sp³-hybridized carbons (Fsp3) is 0.462. The van der Waals surface area contributed by atoms with E-state index in [1.807, 2.05) is 0 Å². The number of benzene rings is 1. The van der Waals surface area contributed by atoms with Crippen molar-refractivity contribution in [1.29, 1.82) is 0 Å². The van der Waals surface area contributed by atoms with Crippen LogP contribution in [0.4, 0.5) is 4.39 Å². The summed E-state index contributed by atoms with van der Waals surface area (Å²) in [7, 11) is 1.36. The number of methoxy groups -OCH3 is 1. The first kappa shape index (κ1) is 13.4. The fourth-order valence-electron chi connectivity index (χ4n) is 1.56. The third kappa shape index (κ3) is 3.99. The van der Waals surface area contributed by atoms with Crippen molar-refractivity contribution in [3.8, 4) is 0 Å². The molecule has 0 spiro atoms. The van der Waals surface area contributed by atoms with Crippen LogP contribution >= 0.6 is 11.8 Å². The molecule has 2 rings (SSSR count). The first-order valence-electron chi connectivity index (χ1n) is 5.90. The van der Waals surface area contributed by atoms with Gasteiger partial charge in [-0.1, -0.05) is 0 Å². The largest absolute Gasteiger partial charge is 0.468 e. The molecule has 0 aromatic heterocycles. The van der Waals surface area contributed by atoms with E-state index in [-0.39, 0.29) is 17.5 Å². The maximum absolute atomic E-state index is 13.2. The molecule has 1 fully saturated rings. The van der Waals surface area contributed by atoms with Crippen molar-refractivity contribution >= 4 is 17.7 Å². The van der Waals surface area contributed by atoms with E-state index in [1.54, 1.807) is 6.07 Å². The Labute approximate surface area is 110 Å². The van der Waals surface area contributed by atoms with Crippen molar-refractivity contribution < 1.29 is 13.9 Å². The molecule has 98 valence electrons. The molecule has 0 atom stereocenters. The molecular weight excluding hydrogens is 253 g/mol. The van der Waals surface area contributed by atoms with Gasteiger partial charge >= 0.3 is 5.97 Å². The van der Waals surface area contributed by atoms with Gasteiger partial charge in [-0.2, -0.15) is 0 Å². The SMILES string of the molecule is COC(=O)CSc1ccc(F)cc1CNC1CC1. The Morgan fingerprint density at radius 2 is 2.33 bits per heavy atom. The van der Waals surface area contributed by atoms with Crippen LogP contribution < -0.4 is 5.32 Å². The van der Waals surface area contributed by atoms with Crippen molar-refractivity contribution in [1.82, 2.24) is 5.32 Å². The molecule has 1 aliphatic carbocycles. The maximum Gasteiger partial charge on any atom is 0.315 e. The van der Waals surface area contributed by atoms with Crippen LogP contribution in [0.5, 0.6) is 0 Å². The lowest BCUT2D eigenvalue weighted by Gasteiger charge is -2.09. The van der Waals surface area contributed by atoms with Gasteiger partial charge in [0.1, 0.15) is 5.82 Å². The van der Waals surface area contributed by atoms with E-state index in [0.717, 1.165) is 10.5 Å². The molecule has 0 heterocycles. The summed E-state index contributed by atoms with van der Waals surface area (Å²) in [4.78, 5) is 12.0. The highest BCUT2D eigenvalue weighted by Gasteiger charge is 2.20. The molecule has 1 aromatic rings. The summed E-state index contributed by atoms with van der Waals surface area (Å²) < 4.78 is 17.8. The van der Waals surface area contributed by atoms with Gasteiger partial charge in [-0.15, -0.1) is 11.8 Å². The minimum Gasteiger partial charge on any atom is -0.468 e. The number of carbonyl (C=O) groups excluding carboxylic acids is 1. The number of hydrogen-bond donors (Lipinski definition) is 1. The smallest absolute Gasteiger partial charge is 0.315 e. The van der Waals surface area contributed by atoms with Crippen molar-refractivity contribution in [2.24, 2.45) is 0 Å². The molecule has 1 N–H and O–H groups in total. The Bertz CT molecular complexity index is 435. The Kier molecular flexibility index (Phi) is 4.60. The highest BCUT2D eigenvalue weighted by Crippen LogP contribution is 2.25. The Balaban J connectivity index is 1.99. The second-order valence-corrected chi connectivity index (χ2v) is 5.29. The monoisotopic (exact) mass is 269 g/mol. The minimum absolute atomic E-state index is 0.245. The topological polar surface area (TPSA) is 38.3 Å². The number of hydrogen-bond acceptors (Lipinski definition) is 4. The molecule has 1 aromatic carbocycles. The average Bonchev–Trinajstić information content (AvgIpc) is 3.18. The molecular formula is C13H16FNO2S. The van der Waals surface area contributed by atoms with E-state index >= 15 is 0 Å². The molecule has 1 saturated carbocycles. The van der Waals surface area contributed by atoms with E-state index in [1.165, 1.54) is 43.8 Å². The summed E-state index contributed by atoms with van der Waals surface area (Å²) in [5, 5.41) is 3.35. The molecule has 3 nitrogen and oxygen atoms in total. The number of rotatable bonds is 6. The lowest BCUT2D eigenvalue weighted by Crippen LogP contribution is -2.16. The van der Waals surface area contributed by atoms with E-state index < -0.39 is 0 Å². The molecule has 0 saturated heterocycles. The first-order valence-corrected chi connectivity index (χ1v) is 6.89. The van der Waals surface area contributed by atoms with Crippen molar-refractivity contribution in [2.75, 3.05) is 12.9 Å². The van der Waals surface area contributed by atoms with Crippen LogP contribution in [0.15, 0.2) is 23.1 Å². The third-order valence-corrected chi connectivity index (χ3v) is 3.84. The summed E-state index contributed by atoms with van der Waals surface area (Å²) >= 11 is 1.38. The van der Waals surface area contributed by atoms with Gasteiger partial charge in [-0.05, 0) is 36.6 Å². The Morgan fingerprint density at radius 1 is 1.56 bits per heavy atom. The lowest BCUT2D eigenvalue weighted by atomic mass is 10.2. The van der Waals surface area contributed by atoms with Crippen LogP contribution in [-0.4, -0.2) is 24.9 Å². The molecule has 0 aliphatic heterocycles. The summed E-state index contributed by atoms with van der Waals surface area (Å²) in [5.41, 5.74) is 0.899. The summed E-state index contributed by atoms with van der Waals surface area (Å²) in [5.74, 6) is -0.270. The van der Waals surface area contributed by atoms with Crippen LogP contribution in [0.1, 0.15) is 18.4 Å². The van der Waals surface area contributed by atoms with Crippen LogP contribution in [0, 0.1) is 5.82 Å². The van der Waals surface area contributed by atoms with Crippen molar-refractivity contribution in [3.63, 3.8) is 0 Å². The van der Waals surface area contributed by atoms with Crippen LogP contribution in [0.25, 0.3) is 0 Å². The van der Waals surface area contributed by atoms with Gasteiger partial charge in [0.05, 0.1) is 12.9 Å². The van der Waals surface area contributed by atoms with Gasteiger partial charge in [0.15, 0.2) is 0 Å². The molecule has 1 aliphatic rings. The number of halogens is 1. The molecule has 0 radical (unpaired) electrons. The van der Waals surface area contributed by atoms with Gasteiger partial charge in [0.25, 0.3) is 0 Å². The van der Waals surface area contributed by atoms with Crippen LogP contribution in [-0.2, 0) is 16.1 Å². The van der Waals surface area contributed by atoms with E-state index in [9.17, 15) is 9.18 Å². The summed E-state index contributed by atoms with van der Waals surface area (Å²) in [6.45, 7) is 0.645. The van der Waals surface area contributed by atoms with Gasteiger partial charge in [-0.25, -0.2) is 4.39 Å². The highest BCUT2D eigenvalue weighted by molar-refractivity contribution is 8.00. The van der Waals surface area contributed by atoms with Gasteiger partial charge in [0.2, 0.25) is 0 Å². The van der Waals surface area contributed by atoms with Crippen LogP contribution in [0.2, 0.25) is 0 Å². The summed E-state index contributed by atoms with van der Waals surface area (Å²) in [6, 6.07) is 5.23. The van der Waals surface area contributed by atoms with Crippen LogP contribution in [0.3, 0.4) is 0 Å². The number of ether oxygens (including phenoxy) is 1. The Morgan fingerprint density at radius 3 is 3.00 bits per heavy atom. The second kappa shape index (κ2) is 6.20. The lowest BCUT2D eigenvalue weighted by molar-refractivity contribution is -0.137. The highest BCUT2D eigenvalue weighted by atomic mass is 32.2. The number of carbonyl (C=O) groups is 1. The summed E-state index contributed by atoms with van der Waals surface area (Å²) in [6.07, 6.45) is 2.39. The first-order chi connectivity index (χ1) is 8.69. The minimum atomic E-state index is -0.273. The fourth-order valence-corrected chi connectivity index (χ4v) is 2.44. The quantitative estimate of drug-likeness (QED) is 0.635. The average molecular weight is 269 g/mol. The van der Waals surface area contributed by atoms with Gasteiger partial charge < -0.3 is 10.1 Å². The predicted molar refractivity (Wildman–Crippen MR) is 69.0 cm³/mol. The van der Waals surface area contributed by atoms with E-state index in [2.05, 4.69) is 10.1 Å². The second-order valence-electron chi connectivity index (χ2n) is 4.27. The molecule has 5 heteroatoms. The van der Waals surface area contributed by atoms with Crippen molar-refractivity contribution in [3.05, 3.63) is 29.6 Å². The molecule has 18 heavy (non-hydrogen) atoms. The standard InChI is InChI=1S/C13H16FNO2S/c1-17-13(16)8-18-12-5-2-10(14)6-9(12)7-15-11-3-4-11/h2,5-6,11,15H,3-4,7-8H2,1H3. The third-order valence-electron chi connectivity index (χ3n) is 2.75. The number of esters is 1. The molecule has 0 unspecified atom stereocenters. The predicted octanol–water partition coefficient (Wildman–Crippen LogP) is 2.34. The molecule has 0 amide bonds. The zero-order valence-electron chi connectivity index (χ0n) is 10.2.